The van der Waals surface area contributed by atoms with Crippen LogP contribution in [-0.4, -0.2) is 24.4 Å². The molecule has 7 heteroatoms. The van der Waals surface area contributed by atoms with Crippen LogP contribution in [0.1, 0.15) is 11.9 Å². The molecule has 0 radical (unpaired) electrons. The molecule has 0 aromatic carbocycles. The zero-order chi connectivity index (χ0) is 12.9. The zero-order valence-corrected chi connectivity index (χ0v) is 10.9. The predicted octanol–water partition coefficient (Wildman–Crippen LogP) is 0.857. The molecule has 0 atom stereocenters. The molecule has 6 nitrogen and oxygen atoms in total. The Bertz CT molecular complexity index is 799. The Kier molecular flexibility index (Phi) is 2.46. The number of hydrogen-bond donors (Lipinski definition) is 1. The average Bonchev–Trinajstić information content (AvgIpc) is 2.90. The third-order valence-corrected chi connectivity index (χ3v) is 4.23. The molecule has 0 fully saturated rings. The van der Waals surface area contributed by atoms with Crippen molar-refractivity contribution in [1.82, 2.24) is 19.3 Å². The largest absolute Gasteiger partial charge is 0.374 e. The minimum Gasteiger partial charge on any atom is -0.374 e. The van der Waals surface area contributed by atoms with Gasteiger partial charge in [0, 0.05) is 12.4 Å². The molecule has 0 aliphatic heterocycles. The van der Waals surface area contributed by atoms with Crippen molar-refractivity contribution in [3.05, 3.63) is 21.6 Å². The van der Waals surface area contributed by atoms with Gasteiger partial charge in [0.1, 0.15) is 12.2 Å². The summed E-state index contributed by atoms with van der Waals surface area (Å²) in [6, 6.07) is 0. The van der Waals surface area contributed by atoms with Gasteiger partial charge in [-0.25, -0.2) is 9.67 Å². The molecule has 0 amide bonds. The molecule has 94 valence electrons. The molecule has 1 N–H and O–H groups in total. The molecule has 0 aliphatic carbocycles. The van der Waals surface area contributed by atoms with Gasteiger partial charge in [-0.15, -0.1) is 11.3 Å². The van der Waals surface area contributed by atoms with Gasteiger partial charge in [0.25, 0.3) is 5.56 Å². The van der Waals surface area contributed by atoms with Crippen LogP contribution in [0.25, 0.3) is 21.3 Å². The summed E-state index contributed by atoms with van der Waals surface area (Å²) in [4.78, 5) is 16.6. The zero-order valence-electron chi connectivity index (χ0n) is 10.0. The monoisotopic (exact) mass is 264 g/mol. The van der Waals surface area contributed by atoms with E-state index in [0.29, 0.717) is 5.52 Å². The second kappa shape index (κ2) is 3.89. The predicted molar refractivity (Wildman–Crippen MR) is 69.7 cm³/mol. The molecule has 0 saturated carbocycles. The van der Waals surface area contributed by atoms with Crippen molar-refractivity contribution >= 4 is 32.6 Å². The van der Waals surface area contributed by atoms with Crippen LogP contribution in [0.3, 0.4) is 0 Å². The molecule has 18 heavy (non-hydrogen) atoms. The minimum absolute atomic E-state index is 0.291. The normalized spacial score (nSPS) is 11.7. The Labute approximate surface area is 106 Å². The van der Waals surface area contributed by atoms with Gasteiger partial charge in [0.15, 0.2) is 5.65 Å². The third kappa shape index (κ3) is 1.34. The summed E-state index contributed by atoms with van der Waals surface area (Å²) in [5.41, 5.74) is 1.05. The van der Waals surface area contributed by atoms with Gasteiger partial charge < -0.3 is 9.67 Å². The highest BCUT2D eigenvalue weighted by molar-refractivity contribution is 7.19. The van der Waals surface area contributed by atoms with Gasteiger partial charge in [-0.1, -0.05) is 6.92 Å². The summed E-state index contributed by atoms with van der Waals surface area (Å²) >= 11 is 1.59. The van der Waals surface area contributed by atoms with E-state index < -0.39 is 6.73 Å². The molecule has 0 unspecified atom stereocenters. The Balaban J connectivity index is 2.50. The number of hydrogen-bond acceptors (Lipinski definition) is 5. The Morgan fingerprint density at radius 1 is 1.50 bits per heavy atom. The standard InChI is InChI=1S/C11H12N4O2S/c1-3-7-13-10-9(18-7)6-4-12-15(5-16)11(17)8(6)14(10)2/h4,16H,3,5H2,1-2H3. The van der Waals surface area contributed by atoms with Crippen molar-refractivity contribution in [1.29, 1.82) is 0 Å². The highest BCUT2D eigenvalue weighted by atomic mass is 32.1. The lowest BCUT2D eigenvalue weighted by atomic mass is 10.4. The van der Waals surface area contributed by atoms with E-state index in [2.05, 4.69) is 17.0 Å². The molecule has 0 aliphatic rings. The van der Waals surface area contributed by atoms with Crippen molar-refractivity contribution in [2.75, 3.05) is 0 Å². The lowest BCUT2D eigenvalue weighted by Crippen LogP contribution is -2.23. The average molecular weight is 264 g/mol. The highest BCUT2D eigenvalue weighted by Crippen LogP contribution is 2.30. The summed E-state index contributed by atoms with van der Waals surface area (Å²) in [6.07, 6.45) is 2.49. The molecule has 3 aromatic heterocycles. The molecule has 3 rings (SSSR count). The maximum absolute atomic E-state index is 12.1. The van der Waals surface area contributed by atoms with Crippen molar-refractivity contribution in [2.24, 2.45) is 7.05 Å². The van der Waals surface area contributed by atoms with Gasteiger partial charge in [-0.3, -0.25) is 4.79 Å². The van der Waals surface area contributed by atoms with Gasteiger partial charge in [-0.05, 0) is 6.42 Å². The van der Waals surface area contributed by atoms with Crippen molar-refractivity contribution in [2.45, 2.75) is 20.1 Å². The summed E-state index contributed by atoms with van der Waals surface area (Å²) in [6.45, 7) is 1.64. The number of aliphatic hydroxyl groups is 1. The van der Waals surface area contributed by atoms with Gasteiger partial charge in [0.2, 0.25) is 0 Å². The van der Waals surface area contributed by atoms with Crippen molar-refractivity contribution in [3.63, 3.8) is 0 Å². The van der Waals surface area contributed by atoms with E-state index in [1.807, 2.05) is 7.05 Å². The SMILES string of the molecule is CCc1nc2c(s1)c1cnn(CO)c(=O)c1n2C. The minimum atomic E-state index is -0.415. The van der Waals surface area contributed by atoms with Crippen LogP contribution in [0, 0.1) is 0 Å². The van der Waals surface area contributed by atoms with Crippen LogP contribution < -0.4 is 5.56 Å². The fraction of sp³-hybridized carbons (Fsp3) is 0.364. The number of thiazole rings is 1. The van der Waals surface area contributed by atoms with E-state index in [0.717, 1.165) is 31.8 Å². The first-order valence-corrected chi connectivity index (χ1v) is 6.43. The first-order chi connectivity index (χ1) is 8.67. The molecule has 3 aromatic rings. The maximum Gasteiger partial charge on any atom is 0.293 e. The van der Waals surface area contributed by atoms with Gasteiger partial charge >= 0.3 is 0 Å². The fourth-order valence-corrected chi connectivity index (χ4v) is 3.13. The molecule has 0 bridgehead atoms. The Hall–Kier alpha value is -1.73. The van der Waals surface area contributed by atoms with E-state index >= 15 is 0 Å². The summed E-state index contributed by atoms with van der Waals surface area (Å²) in [5.74, 6) is 0. The van der Waals surface area contributed by atoms with Crippen molar-refractivity contribution in [3.8, 4) is 0 Å². The summed E-state index contributed by atoms with van der Waals surface area (Å²) < 4.78 is 3.79. The first-order valence-electron chi connectivity index (χ1n) is 5.62. The van der Waals surface area contributed by atoms with E-state index in [-0.39, 0.29) is 5.56 Å². The molecular formula is C11H12N4O2S. The second-order valence-electron chi connectivity index (χ2n) is 4.03. The summed E-state index contributed by atoms with van der Waals surface area (Å²) in [5, 5.41) is 14.8. The lowest BCUT2D eigenvalue weighted by Gasteiger charge is -2.00. The Morgan fingerprint density at radius 2 is 2.28 bits per heavy atom. The van der Waals surface area contributed by atoms with E-state index in [9.17, 15) is 4.79 Å². The van der Waals surface area contributed by atoms with Crippen LogP contribution in [0.4, 0.5) is 0 Å². The number of fused-ring (bicyclic) bond motifs is 3. The van der Waals surface area contributed by atoms with E-state index in [1.54, 1.807) is 22.1 Å². The Morgan fingerprint density at radius 3 is 2.94 bits per heavy atom. The van der Waals surface area contributed by atoms with Gasteiger partial charge in [-0.2, -0.15) is 5.10 Å². The van der Waals surface area contributed by atoms with Crippen LogP contribution in [0.5, 0.6) is 0 Å². The van der Waals surface area contributed by atoms with Crippen LogP contribution in [0.15, 0.2) is 11.0 Å². The fourth-order valence-electron chi connectivity index (χ4n) is 2.08. The molecule has 0 spiro atoms. The summed E-state index contributed by atoms with van der Waals surface area (Å²) in [7, 11) is 1.81. The topological polar surface area (TPSA) is 72.9 Å². The molecule has 3 heterocycles. The second-order valence-corrected chi connectivity index (χ2v) is 5.11. The number of aryl methyl sites for hydroxylation is 2. The van der Waals surface area contributed by atoms with E-state index in [4.69, 9.17) is 5.11 Å². The maximum atomic E-state index is 12.1. The number of rotatable bonds is 2. The number of nitrogens with zero attached hydrogens (tertiary/aromatic N) is 4. The quantitative estimate of drug-likeness (QED) is 0.745. The molecular weight excluding hydrogens is 252 g/mol. The van der Waals surface area contributed by atoms with Crippen molar-refractivity contribution < 1.29 is 5.11 Å². The van der Waals surface area contributed by atoms with Crippen LogP contribution >= 0.6 is 11.3 Å². The molecule has 0 saturated heterocycles. The van der Waals surface area contributed by atoms with Gasteiger partial charge in [0.05, 0.1) is 15.9 Å². The number of aliphatic hydroxyl groups excluding tert-OH is 1. The van der Waals surface area contributed by atoms with Crippen LogP contribution in [-0.2, 0) is 20.2 Å². The highest BCUT2D eigenvalue weighted by Gasteiger charge is 2.17. The lowest BCUT2D eigenvalue weighted by molar-refractivity contribution is 0.189. The smallest absolute Gasteiger partial charge is 0.293 e. The third-order valence-electron chi connectivity index (χ3n) is 3.01. The van der Waals surface area contributed by atoms with Crippen LogP contribution in [0.2, 0.25) is 0 Å². The van der Waals surface area contributed by atoms with E-state index in [1.165, 1.54) is 0 Å². The first kappa shape index (κ1) is 11.4. The number of aromatic nitrogens is 4.